The van der Waals surface area contributed by atoms with Gasteiger partial charge in [0.05, 0.1) is 5.75 Å². The summed E-state index contributed by atoms with van der Waals surface area (Å²) in [4.78, 5) is 29.7. The van der Waals surface area contributed by atoms with E-state index in [1.54, 1.807) is 47.4 Å². The number of hydrogen-bond donors (Lipinski definition) is 2. The van der Waals surface area contributed by atoms with Gasteiger partial charge in [-0.1, -0.05) is 11.6 Å². The standard InChI is InChI=1S/C23H21ClN2O8S/c24-15-5-7-19-18(12-15)25-22(33-19)17-11-14-4-6-16(13-20(14)34-23(17)29)26(8-1-3-21(27)28)9-2-10-35(30,31)32/h4-7,11-13H,1-3,8-10H2,(H,27,28)(H,30,31,32). The van der Waals surface area contributed by atoms with Gasteiger partial charge in [0.1, 0.15) is 16.7 Å². The zero-order valence-corrected chi connectivity index (χ0v) is 19.9. The molecule has 2 aromatic carbocycles. The Kier molecular flexibility index (Phi) is 7.10. The fourth-order valence-electron chi connectivity index (χ4n) is 3.69. The third-order valence-corrected chi connectivity index (χ3v) is 6.35. The predicted octanol–water partition coefficient (Wildman–Crippen LogP) is 4.20. The molecule has 4 rings (SSSR count). The van der Waals surface area contributed by atoms with Gasteiger partial charge < -0.3 is 18.8 Å². The van der Waals surface area contributed by atoms with E-state index in [9.17, 15) is 18.0 Å². The van der Waals surface area contributed by atoms with Gasteiger partial charge in [-0.2, -0.15) is 8.42 Å². The largest absolute Gasteiger partial charge is 0.481 e. The maximum Gasteiger partial charge on any atom is 0.349 e. The van der Waals surface area contributed by atoms with Crippen molar-refractivity contribution in [2.45, 2.75) is 19.3 Å². The third kappa shape index (κ3) is 6.18. The van der Waals surface area contributed by atoms with Gasteiger partial charge in [-0.05, 0) is 49.2 Å². The second-order valence-electron chi connectivity index (χ2n) is 7.92. The zero-order chi connectivity index (χ0) is 25.2. The van der Waals surface area contributed by atoms with Gasteiger partial charge in [0.15, 0.2) is 5.58 Å². The lowest BCUT2D eigenvalue weighted by atomic mass is 10.1. The van der Waals surface area contributed by atoms with Crippen LogP contribution < -0.4 is 10.5 Å². The van der Waals surface area contributed by atoms with E-state index in [-0.39, 0.29) is 36.4 Å². The molecule has 0 aliphatic heterocycles. The lowest BCUT2D eigenvalue weighted by Gasteiger charge is -2.24. The van der Waals surface area contributed by atoms with E-state index in [0.717, 1.165) is 0 Å². The van der Waals surface area contributed by atoms with E-state index in [1.807, 2.05) is 0 Å². The molecular formula is C23H21ClN2O8S. The first-order valence-electron chi connectivity index (χ1n) is 10.7. The van der Waals surface area contributed by atoms with Crippen molar-refractivity contribution in [2.75, 3.05) is 23.7 Å². The first-order chi connectivity index (χ1) is 16.6. The van der Waals surface area contributed by atoms with Gasteiger partial charge in [0, 0.05) is 41.7 Å². The molecule has 0 saturated carbocycles. The molecule has 12 heteroatoms. The van der Waals surface area contributed by atoms with Crippen LogP contribution in [-0.2, 0) is 14.9 Å². The molecule has 0 aliphatic rings. The highest BCUT2D eigenvalue weighted by molar-refractivity contribution is 7.85. The minimum absolute atomic E-state index is 0.0590. The Morgan fingerprint density at radius 2 is 1.80 bits per heavy atom. The molecular weight excluding hydrogens is 500 g/mol. The number of benzene rings is 2. The van der Waals surface area contributed by atoms with Crippen molar-refractivity contribution in [1.82, 2.24) is 4.98 Å². The molecule has 10 nitrogen and oxygen atoms in total. The Hall–Kier alpha value is -3.41. The van der Waals surface area contributed by atoms with Crippen LogP contribution in [0.5, 0.6) is 0 Å². The number of carboxylic acids is 1. The fourth-order valence-corrected chi connectivity index (χ4v) is 4.35. The van der Waals surface area contributed by atoms with E-state index in [0.29, 0.717) is 40.2 Å². The number of aromatic nitrogens is 1. The van der Waals surface area contributed by atoms with Gasteiger partial charge in [-0.3, -0.25) is 9.35 Å². The fraction of sp³-hybridized carbons (Fsp3) is 0.261. The first kappa shape index (κ1) is 24.7. The molecule has 0 spiro atoms. The monoisotopic (exact) mass is 520 g/mol. The summed E-state index contributed by atoms with van der Waals surface area (Å²) in [5, 5.41) is 10.0. The van der Waals surface area contributed by atoms with E-state index in [1.165, 1.54) is 0 Å². The van der Waals surface area contributed by atoms with E-state index in [2.05, 4.69) is 4.98 Å². The maximum atomic E-state index is 12.7. The number of carbonyl (C=O) groups is 1. The van der Waals surface area contributed by atoms with Crippen LogP contribution in [0.25, 0.3) is 33.5 Å². The number of fused-ring (bicyclic) bond motifs is 2. The summed E-state index contributed by atoms with van der Waals surface area (Å²) in [5.74, 6) is -1.27. The molecule has 2 N–H and O–H groups in total. The summed E-state index contributed by atoms with van der Waals surface area (Å²) in [6, 6.07) is 11.6. The average Bonchev–Trinajstić information content (AvgIpc) is 3.19. The quantitative estimate of drug-likeness (QED) is 0.230. The Balaban J connectivity index is 1.64. The number of anilines is 1. The van der Waals surface area contributed by atoms with Crippen LogP contribution in [0, 0.1) is 0 Å². The molecule has 184 valence electrons. The lowest BCUT2D eigenvalue weighted by Crippen LogP contribution is -2.27. The van der Waals surface area contributed by atoms with Crippen molar-refractivity contribution in [3.05, 3.63) is 57.9 Å². The molecule has 0 radical (unpaired) electrons. The highest BCUT2D eigenvalue weighted by Crippen LogP contribution is 2.28. The summed E-state index contributed by atoms with van der Waals surface area (Å²) in [7, 11) is -4.12. The lowest BCUT2D eigenvalue weighted by molar-refractivity contribution is -0.137. The first-order valence-corrected chi connectivity index (χ1v) is 12.6. The van der Waals surface area contributed by atoms with Crippen molar-refractivity contribution in [3.63, 3.8) is 0 Å². The van der Waals surface area contributed by atoms with Crippen LogP contribution in [0.15, 0.2) is 56.1 Å². The minimum atomic E-state index is -4.12. The number of halogens is 1. The van der Waals surface area contributed by atoms with Crippen molar-refractivity contribution in [1.29, 1.82) is 0 Å². The molecule has 0 bridgehead atoms. The number of aliphatic carboxylic acids is 1. The molecule has 2 aromatic heterocycles. The summed E-state index contributed by atoms with van der Waals surface area (Å²) in [6.45, 7) is 0.579. The second-order valence-corrected chi connectivity index (χ2v) is 9.93. The van der Waals surface area contributed by atoms with E-state index >= 15 is 0 Å². The smallest absolute Gasteiger partial charge is 0.349 e. The van der Waals surface area contributed by atoms with E-state index in [4.69, 9.17) is 30.1 Å². The topological polar surface area (TPSA) is 151 Å². The summed E-state index contributed by atoms with van der Waals surface area (Å²) >= 11 is 5.99. The van der Waals surface area contributed by atoms with Crippen LogP contribution in [0.2, 0.25) is 5.02 Å². The minimum Gasteiger partial charge on any atom is -0.481 e. The van der Waals surface area contributed by atoms with Crippen LogP contribution in [0.4, 0.5) is 5.69 Å². The number of oxazole rings is 1. The van der Waals surface area contributed by atoms with Crippen LogP contribution in [0.3, 0.4) is 0 Å². The Morgan fingerprint density at radius 3 is 2.54 bits per heavy atom. The van der Waals surface area contributed by atoms with Gasteiger partial charge in [0.2, 0.25) is 5.89 Å². The maximum absolute atomic E-state index is 12.7. The molecule has 0 amide bonds. The normalized spacial score (nSPS) is 11.8. The van der Waals surface area contributed by atoms with Crippen LogP contribution in [0.1, 0.15) is 19.3 Å². The SMILES string of the molecule is O=C(O)CCCN(CCCS(=O)(=O)O)c1ccc2cc(-c3nc4cc(Cl)ccc4o3)c(=O)oc2c1. The highest BCUT2D eigenvalue weighted by atomic mass is 35.5. The van der Waals surface area contributed by atoms with Crippen molar-refractivity contribution in [2.24, 2.45) is 0 Å². The molecule has 2 heterocycles. The highest BCUT2D eigenvalue weighted by Gasteiger charge is 2.17. The molecule has 0 atom stereocenters. The molecule has 0 unspecified atom stereocenters. The Bertz CT molecular complexity index is 1560. The summed E-state index contributed by atoms with van der Waals surface area (Å²) in [6.07, 6.45) is 0.398. The number of rotatable bonds is 10. The zero-order valence-electron chi connectivity index (χ0n) is 18.3. The van der Waals surface area contributed by atoms with Crippen molar-refractivity contribution < 1.29 is 31.7 Å². The van der Waals surface area contributed by atoms with Crippen molar-refractivity contribution in [3.8, 4) is 11.5 Å². The van der Waals surface area contributed by atoms with E-state index < -0.39 is 27.5 Å². The predicted molar refractivity (Wildman–Crippen MR) is 131 cm³/mol. The number of carboxylic acid groups (broad SMARTS) is 1. The third-order valence-electron chi connectivity index (χ3n) is 5.31. The molecule has 35 heavy (non-hydrogen) atoms. The Labute approximate surface area is 204 Å². The van der Waals surface area contributed by atoms with Gasteiger partial charge in [-0.15, -0.1) is 0 Å². The molecule has 0 aliphatic carbocycles. The summed E-state index contributed by atoms with van der Waals surface area (Å²) in [5.41, 5.74) is 1.37. The van der Waals surface area contributed by atoms with Crippen molar-refractivity contribution >= 4 is 55.4 Å². The van der Waals surface area contributed by atoms with Gasteiger partial charge in [0.25, 0.3) is 10.1 Å². The summed E-state index contributed by atoms with van der Waals surface area (Å²) < 4.78 is 42.4. The van der Waals surface area contributed by atoms with Gasteiger partial charge >= 0.3 is 11.6 Å². The van der Waals surface area contributed by atoms with Crippen LogP contribution >= 0.6 is 11.6 Å². The molecule has 4 aromatic rings. The van der Waals surface area contributed by atoms with Gasteiger partial charge in [-0.25, -0.2) is 9.78 Å². The number of nitrogens with zero attached hydrogens (tertiary/aromatic N) is 2. The second kappa shape index (κ2) is 10.1. The van der Waals surface area contributed by atoms with Crippen LogP contribution in [-0.4, -0.2) is 47.9 Å². The molecule has 0 saturated heterocycles. The Morgan fingerprint density at radius 1 is 1.03 bits per heavy atom. The average molecular weight is 521 g/mol. The molecule has 0 fully saturated rings. The number of hydrogen-bond acceptors (Lipinski definition) is 8.